The Morgan fingerprint density at radius 3 is 3.00 bits per heavy atom. The minimum atomic E-state index is 1.12. The van der Waals surface area contributed by atoms with Gasteiger partial charge in [0.2, 0.25) is 0 Å². The topological polar surface area (TPSA) is 12.0 Å². The predicted molar refractivity (Wildman–Crippen MR) is 71.3 cm³/mol. The Morgan fingerprint density at radius 1 is 1.25 bits per heavy atom. The largest absolute Gasteiger partial charge is 0.385 e. The van der Waals surface area contributed by atoms with Crippen molar-refractivity contribution in [3.63, 3.8) is 0 Å². The van der Waals surface area contributed by atoms with E-state index < -0.39 is 0 Å². The van der Waals surface area contributed by atoms with Crippen LogP contribution < -0.4 is 5.32 Å². The summed E-state index contributed by atoms with van der Waals surface area (Å²) in [6, 6.07) is 9.00. The van der Waals surface area contributed by atoms with Crippen LogP contribution in [0.4, 0.5) is 5.69 Å². The van der Waals surface area contributed by atoms with Crippen molar-refractivity contribution in [2.24, 2.45) is 0 Å². The fourth-order valence-electron chi connectivity index (χ4n) is 2.28. The van der Waals surface area contributed by atoms with E-state index in [-0.39, 0.29) is 0 Å². The van der Waals surface area contributed by atoms with Crippen molar-refractivity contribution in [2.45, 2.75) is 19.8 Å². The molecule has 1 N–H and O–H groups in total. The summed E-state index contributed by atoms with van der Waals surface area (Å²) >= 11 is 1.83. The lowest BCUT2D eigenvalue weighted by Crippen LogP contribution is -2.11. The van der Waals surface area contributed by atoms with Gasteiger partial charge in [-0.1, -0.05) is 6.07 Å². The maximum absolute atomic E-state index is 3.45. The standard InChI is InChI=1S/C14H15NS/c1-10-6-8-16-14(10)12-4-5-13-11(9-12)3-2-7-15-13/h4-6,8-9,15H,2-3,7H2,1H3. The number of benzene rings is 1. The van der Waals surface area contributed by atoms with E-state index in [0.29, 0.717) is 0 Å². The summed E-state index contributed by atoms with van der Waals surface area (Å²) in [7, 11) is 0. The maximum atomic E-state index is 3.45. The van der Waals surface area contributed by atoms with Crippen molar-refractivity contribution in [3.8, 4) is 10.4 Å². The van der Waals surface area contributed by atoms with Crippen LogP contribution in [0.1, 0.15) is 17.5 Å². The van der Waals surface area contributed by atoms with Gasteiger partial charge in [-0.25, -0.2) is 0 Å². The molecule has 1 aromatic heterocycles. The zero-order valence-corrected chi connectivity index (χ0v) is 10.2. The van der Waals surface area contributed by atoms with E-state index in [1.165, 1.54) is 40.1 Å². The Morgan fingerprint density at radius 2 is 2.19 bits per heavy atom. The van der Waals surface area contributed by atoms with Gasteiger partial charge in [0.05, 0.1) is 0 Å². The third-order valence-corrected chi connectivity index (χ3v) is 4.23. The Bertz CT molecular complexity index is 513. The van der Waals surface area contributed by atoms with E-state index in [0.717, 1.165) is 6.54 Å². The fraction of sp³-hybridized carbons (Fsp3) is 0.286. The molecule has 2 aromatic rings. The van der Waals surface area contributed by atoms with Crippen molar-refractivity contribution in [1.29, 1.82) is 0 Å². The molecular weight excluding hydrogens is 214 g/mol. The van der Waals surface area contributed by atoms with Gasteiger partial charge in [-0.2, -0.15) is 0 Å². The first-order valence-electron chi connectivity index (χ1n) is 5.76. The summed E-state index contributed by atoms with van der Waals surface area (Å²) in [5.74, 6) is 0. The Balaban J connectivity index is 2.06. The van der Waals surface area contributed by atoms with Gasteiger partial charge >= 0.3 is 0 Å². The summed E-state index contributed by atoms with van der Waals surface area (Å²) in [6.45, 7) is 3.30. The molecule has 2 heterocycles. The average molecular weight is 229 g/mol. The molecule has 1 nitrogen and oxygen atoms in total. The Labute approximate surface area is 100 Å². The second kappa shape index (κ2) is 3.95. The summed E-state index contributed by atoms with van der Waals surface area (Å²) in [4.78, 5) is 1.41. The second-order valence-electron chi connectivity index (χ2n) is 4.33. The van der Waals surface area contributed by atoms with Gasteiger partial charge in [0.1, 0.15) is 0 Å². The summed E-state index contributed by atoms with van der Waals surface area (Å²) in [6.07, 6.45) is 2.46. The van der Waals surface area contributed by atoms with Gasteiger partial charge in [0.25, 0.3) is 0 Å². The first-order chi connectivity index (χ1) is 7.84. The molecule has 0 fully saturated rings. The zero-order valence-electron chi connectivity index (χ0n) is 9.42. The molecule has 2 heteroatoms. The summed E-state index contributed by atoms with van der Waals surface area (Å²) in [5.41, 5.74) is 5.55. The molecule has 0 bridgehead atoms. The van der Waals surface area contributed by atoms with E-state index >= 15 is 0 Å². The molecule has 1 aliphatic heterocycles. The number of hydrogen-bond donors (Lipinski definition) is 1. The number of rotatable bonds is 1. The summed E-state index contributed by atoms with van der Waals surface area (Å²) < 4.78 is 0. The third kappa shape index (κ3) is 1.63. The highest BCUT2D eigenvalue weighted by Gasteiger charge is 2.10. The van der Waals surface area contributed by atoms with Gasteiger partial charge in [-0.3, -0.25) is 0 Å². The molecule has 0 amide bonds. The summed E-state index contributed by atoms with van der Waals surface area (Å²) in [5, 5.41) is 5.62. The van der Waals surface area contributed by atoms with Crippen molar-refractivity contribution in [2.75, 3.05) is 11.9 Å². The maximum Gasteiger partial charge on any atom is 0.0373 e. The monoisotopic (exact) mass is 229 g/mol. The van der Waals surface area contributed by atoms with E-state index in [1.54, 1.807) is 0 Å². The molecule has 0 saturated heterocycles. The third-order valence-electron chi connectivity index (χ3n) is 3.17. The fourth-order valence-corrected chi connectivity index (χ4v) is 3.21. The number of fused-ring (bicyclic) bond motifs is 1. The minimum Gasteiger partial charge on any atom is -0.385 e. The molecule has 1 aromatic carbocycles. The Kier molecular flexibility index (Phi) is 2.44. The van der Waals surface area contributed by atoms with Gasteiger partial charge in [0, 0.05) is 17.1 Å². The zero-order chi connectivity index (χ0) is 11.0. The quantitative estimate of drug-likeness (QED) is 0.777. The lowest BCUT2D eigenvalue weighted by Gasteiger charge is -2.18. The van der Waals surface area contributed by atoms with Crippen LogP contribution in [0.2, 0.25) is 0 Å². The molecule has 3 rings (SSSR count). The van der Waals surface area contributed by atoms with Crippen LogP contribution in [-0.2, 0) is 6.42 Å². The van der Waals surface area contributed by atoms with Crippen LogP contribution in [0.3, 0.4) is 0 Å². The van der Waals surface area contributed by atoms with Crippen LogP contribution >= 0.6 is 11.3 Å². The molecule has 16 heavy (non-hydrogen) atoms. The molecule has 0 saturated carbocycles. The number of nitrogens with one attached hydrogen (secondary N) is 1. The minimum absolute atomic E-state index is 1.12. The molecular formula is C14H15NS. The number of aryl methyl sites for hydroxylation is 2. The van der Waals surface area contributed by atoms with Crippen LogP contribution in [-0.4, -0.2) is 6.54 Å². The second-order valence-corrected chi connectivity index (χ2v) is 5.25. The molecule has 0 unspecified atom stereocenters. The van der Waals surface area contributed by atoms with Crippen molar-refractivity contribution < 1.29 is 0 Å². The van der Waals surface area contributed by atoms with Crippen molar-refractivity contribution in [1.82, 2.24) is 0 Å². The highest BCUT2D eigenvalue weighted by Crippen LogP contribution is 2.33. The molecule has 0 radical (unpaired) electrons. The van der Waals surface area contributed by atoms with Gasteiger partial charge in [-0.15, -0.1) is 11.3 Å². The lowest BCUT2D eigenvalue weighted by atomic mass is 9.99. The lowest BCUT2D eigenvalue weighted by molar-refractivity contribution is 0.831. The van der Waals surface area contributed by atoms with E-state index in [9.17, 15) is 0 Å². The van der Waals surface area contributed by atoms with Crippen LogP contribution in [0, 0.1) is 6.92 Å². The van der Waals surface area contributed by atoms with Crippen LogP contribution in [0.5, 0.6) is 0 Å². The van der Waals surface area contributed by atoms with Crippen LogP contribution in [0.25, 0.3) is 10.4 Å². The number of anilines is 1. The van der Waals surface area contributed by atoms with Gasteiger partial charge in [0.15, 0.2) is 0 Å². The Hall–Kier alpha value is -1.28. The first-order valence-corrected chi connectivity index (χ1v) is 6.64. The SMILES string of the molecule is Cc1ccsc1-c1ccc2c(c1)CCCN2. The van der Waals surface area contributed by atoms with Crippen molar-refractivity contribution >= 4 is 17.0 Å². The molecule has 0 spiro atoms. The van der Waals surface area contributed by atoms with E-state index in [1.807, 2.05) is 11.3 Å². The van der Waals surface area contributed by atoms with Crippen molar-refractivity contribution in [3.05, 3.63) is 40.8 Å². The number of thiophene rings is 1. The molecule has 0 aliphatic carbocycles. The average Bonchev–Trinajstić information content (AvgIpc) is 2.75. The highest BCUT2D eigenvalue weighted by molar-refractivity contribution is 7.13. The van der Waals surface area contributed by atoms with Crippen LogP contribution in [0.15, 0.2) is 29.6 Å². The normalized spacial score (nSPS) is 14.3. The molecule has 0 atom stereocenters. The molecule has 82 valence electrons. The predicted octanol–water partition coefficient (Wildman–Crippen LogP) is 4.08. The first kappa shape index (κ1) is 9.91. The smallest absolute Gasteiger partial charge is 0.0373 e. The van der Waals surface area contributed by atoms with E-state index in [2.05, 4.69) is 41.9 Å². The van der Waals surface area contributed by atoms with E-state index in [4.69, 9.17) is 0 Å². The highest BCUT2D eigenvalue weighted by atomic mass is 32.1. The molecule has 1 aliphatic rings. The van der Waals surface area contributed by atoms with Gasteiger partial charge in [-0.05, 0) is 60.0 Å². The number of hydrogen-bond acceptors (Lipinski definition) is 2. The van der Waals surface area contributed by atoms with Gasteiger partial charge < -0.3 is 5.32 Å².